The number of nitrogen functional groups attached to an aromatic ring is 1. The van der Waals surface area contributed by atoms with Crippen LogP contribution in [0.1, 0.15) is 0 Å². The van der Waals surface area contributed by atoms with Crippen LogP contribution in [0.5, 0.6) is 17.2 Å². The van der Waals surface area contributed by atoms with E-state index in [1.807, 2.05) is 0 Å². The monoisotopic (exact) mass is 692 g/mol. The molecule has 9 N–H and O–H groups in total. The number of aliphatic hydroxyl groups is 2. The third-order valence-corrected chi connectivity index (χ3v) is 8.16. The Morgan fingerprint density at radius 3 is 1.85 bits per heavy atom. The van der Waals surface area contributed by atoms with Gasteiger partial charge in [0.15, 0.2) is 5.75 Å². The molecule has 0 aliphatic carbocycles. The van der Waals surface area contributed by atoms with E-state index in [9.17, 15) is 41.9 Å². The molecule has 0 fully saturated rings. The second-order valence-electron chi connectivity index (χ2n) is 9.92. The molecule has 17 nitrogen and oxygen atoms in total. The van der Waals surface area contributed by atoms with Gasteiger partial charge in [0.2, 0.25) is 0 Å². The maximum Gasteiger partial charge on any atom is 0.296 e. The lowest BCUT2D eigenvalue weighted by atomic mass is 10.1. The maximum absolute atomic E-state index is 11.9. The normalized spacial score (nSPS) is 12.7. The standard InChI is InChI=1S/C28H32N6O11S2/c1-34(2)18-5-3-16-11-26(47(41,42)43)27(28(37)19(16)13-18)33-32-22-15-23(44-9-7-35)21(14-24(22)45-10-8-36)31-30-20-6-4-17(29)12-25(20)46(38,39)40/h3-6,11-15,35-37,41-43H,7-10,29H2,1-2H3,(H,38,39,40). The summed E-state index contributed by atoms with van der Waals surface area (Å²) in [6, 6.07) is 12.2. The average Bonchev–Trinajstić information content (AvgIpc) is 3.01. The van der Waals surface area contributed by atoms with E-state index >= 15 is 0 Å². The number of azo groups is 2. The molecule has 0 saturated heterocycles. The Hall–Kier alpha value is -4.60. The number of nitrogens with zero attached hydrogens (tertiary/aromatic N) is 5. The van der Waals surface area contributed by atoms with Crippen LogP contribution >= 0.6 is 10.9 Å². The van der Waals surface area contributed by atoms with Crippen LogP contribution in [0.3, 0.4) is 0 Å². The summed E-state index contributed by atoms with van der Waals surface area (Å²) >= 11 is 0. The topological polar surface area (TPSA) is 273 Å². The average molecular weight is 693 g/mol. The molecule has 252 valence electrons. The van der Waals surface area contributed by atoms with Gasteiger partial charge in [-0.1, -0.05) is 6.07 Å². The highest BCUT2D eigenvalue weighted by molar-refractivity contribution is 8.19. The Bertz CT molecular complexity index is 1950. The zero-order chi connectivity index (χ0) is 34.5. The van der Waals surface area contributed by atoms with Gasteiger partial charge in [0.1, 0.15) is 63.2 Å². The largest absolute Gasteiger partial charge is 0.505 e. The van der Waals surface area contributed by atoms with Crippen molar-refractivity contribution in [1.82, 2.24) is 0 Å². The molecule has 0 heterocycles. The second kappa shape index (κ2) is 14.4. The fourth-order valence-corrected chi connectivity index (χ4v) is 5.52. The first-order chi connectivity index (χ1) is 22.1. The van der Waals surface area contributed by atoms with Gasteiger partial charge in [-0.15, -0.1) is 20.5 Å². The minimum atomic E-state index is -4.74. The van der Waals surface area contributed by atoms with Crippen LogP contribution in [0, 0.1) is 0 Å². The van der Waals surface area contributed by atoms with Gasteiger partial charge in [-0.25, -0.2) is 0 Å². The van der Waals surface area contributed by atoms with Gasteiger partial charge >= 0.3 is 0 Å². The molecular weight excluding hydrogens is 660 g/mol. The fourth-order valence-electron chi connectivity index (χ4n) is 4.18. The van der Waals surface area contributed by atoms with E-state index in [1.165, 1.54) is 30.3 Å². The number of anilines is 2. The van der Waals surface area contributed by atoms with Crippen molar-refractivity contribution in [3.05, 3.63) is 54.6 Å². The Kier molecular flexibility index (Phi) is 10.8. The molecule has 47 heavy (non-hydrogen) atoms. The number of phenolic OH excluding ortho intramolecular Hbond substituents is 1. The van der Waals surface area contributed by atoms with Crippen molar-refractivity contribution in [2.24, 2.45) is 20.5 Å². The van der Waals surface area contributed by atoms with Crippen LogP contribution in [0.25, 0.3) is 10.8 Å². The smallest absolute Gasteiger partial charge is 0.296 e. The molecule has 0 amide bonds. The van der Waals surface area contributed by atoms with Crippen LogP contribution in [-0.2, 0) is 10.1 Å². The molecule has 0 atom stereocenters. The lowest BCUT2D eigenvalue weighted by Gasteiger charge is -2.22. The molecule has 4 aromatic rings. The quantitative estimate of drug-likeness (QED) is 0.0482. The van der Waals surface area contributed by atoms with Gasteiger partial charge in [0, 0.05) is 43.0 Å². The number of aliphatic hydroxyl groups excluding tert-OH is 2. The molecule has 4 rings (SSSR count). The van der Waals surface area contributed by atoms with Crippen molar-refractivity contribution < 1.29 is 51.4 Å². The van der Waals surface area contributed by atoms with Gasteiger partial charge in [0.05, 0.1) is 18.1 Å². The predicted octanol–water partition coefficient (Wildman–Crippen LogP) is 5.60. The summed E-state index contributed by atoms with van der Waals surface area (Å²) in [4.78, 5) is 0.656. The van der Waals surface area contributed by atoms with Gasteiger partial charge in [-0.3, -0.25) is 4.55 Å². The van der Waals surface area contributed by atoms with Crippen LogP contribution in [-0.4, -0.2) is 82.5 Å². The molecule has 19 heteroatoms. The highest BCUT2D eigenvalue weighted by Crippen LogP contribution is 2.54. The predicted molar refractivity (Wildman–Crippen MR) is 174 cm³/mol. The van der Waals surface area contributed by atoms with Crippen LogP contribution in [0.4, 0.5) is 34.1 Å². The third-order valence-electron chi connectivity index (χ3n) is 6.37. The summed E-state index contributed by atoms with van der Waals surface area (Å²) in [5.74, 6) is -0.660. The van der Waals surface area contributed by atoms with Crippen LogP contribution in [0.15, 0.2) is 84.8 Å². The Morgan fingerprint density at radius 1 is 0.745 bits per heavy atom. The Balaban J connectivity index is 1.89. The number of nitrogens with two attached hydrogens (primary N) is 1. The first-order valence-electron chi connectivity index (χ1n) is 13.5. The zero-order valence-electron chi connectivity index (χ0n) is 24.9. The lowest BCUT2D eigenvalue weighted by molar-refractivity contribution is 0.198. The van der Waals surface area contributed by atoms with Crippen molar-refractivity contribution in [3.63, 3.8) is 0 Å². The Morgan fingerprint density at radius 2 is 1.32 bits per heavy atom. The number of phenols is 1. The van der Waals surface area contributed by atoms with E-state index in [0.29, 0.717) is 11.1 Å². The molecule has 4 aromatic carbocycles. The summed E-state index contributed by atoms with van der Waals surface area (Å²) in [6.45, 7) is -1.31. The molecule has 0 spiro atoms. The van der Waals surface area contributed by atoms with Crippen LogP contribution < -0.4 is 20.1 Å². The highest BCUT2D eigenvalue weighted by atomic mass is 32.3. The summed E-state index contributed by atoms with van der Waals surface area (Å²) in [5, 5.41) is 46.6. The van der Waals surface area contributed by atoms with Crippen molar-refractivity contribution in [2.45, 2.75) is 9.79 Å². The van der Waals surface area contributed by atoms with E-state index in [2.05, 4.69) is 20.5 Å². The van der Waals surface area contributed by atoms with E-state index in [1.54, 1.807) is 37.2 Å². The second-order valence-corrected chi connectivity index (χ2v) is 12.8. The summed E-state index contributed by atoms with van der Waals surface area (Å²) in [5.41, 5.74) is 5.49. The van der Waals surface area contributed by atoms with Crippen molar-refractivity contribution in [1.29, 1.82) is 0 Å². The number of hydrogen-bond acceptors (Lipinski definition) is 16. The first kappa shape index (κ1) is 35.3. The van der Waals surface area contributed by atoms with Crippen molar-refractivity contribution >= 4 is 65.9 Å². The number of hydrogen-bond donors (Lipinski definition) is 8. The number of fused-ring (bicyclic) bond motifs is 1. The molecule has 0 bridgehead atoms. The van der Waals surface area contributed by atoms with E-state index in [0.717, 1.165) is 6.07 Å². The van der Waals surface area contributed by atoms with Gasteiger partial charge in [-0.05, 0) is 41.8 Å². The summed E-state index contributed by atoms with van der Waals surface area (Å²) in [7, 11) is -5.58. The molecule has 0 aliphatic heterocycles. The molecule has 0 saturated carbocycles. The number of rotatable bonds is 13. The molecule has 0 aromatic heterocycles. The number of benzene rings is 4. The minimum Gasteiger partial charge on any atom is -0.505 e. The summed E-state index contributed by atoms with van der Waals surface area (Å²) < 4.78 is 75.0. The lowest BCUT2D eigenvalue weighted by Crippen LogP contribution is -2.08. The number of ether oxygens (including phenoxy) is 2. The minimum absolute atomic E-state index is 0.0409. The SMILES string of the molecule is CN(C)c1ccc2cc(S(O)(O)O)c(N=Nc3cc(OCCO)c(N=Nc4ccc(N)cc4S(=O)(=O)O)cc3OCCO)c(O)c2c1. The first-order valence-corrected chi connectivity index (χ1v) is 16.4. The van der Waals surface area contributed by atoms with Crippen molar-refractivity contribution in [2.75, 3.05) is 51.2 Å². The molecule has 0 unspecified atom stereocenters. The molecular formula is C28H32N6O11S2. The van der Waals surface area contributed by atoms with E-state index in [4.69, 9.17) is 15.2 Å². The van der Waals surface area contributed by atoms with Gasteiger partial charge in [-0.2, -0.15) is 8.42 Å². The van der Waals surface area contributed by atoms with Crippen molar-refractivity contribution in [3.8, 4) is 17.2 Å². The number of aromatic hydroxyl groups is 1. The van der Waals surface area contributed by atoms with Gasteiger partial charge in [0.25, 0.3) is 10.1 Å². The van der Waals surface area contributed by atoms with Crippen LogP contribution in [0.2, 0.25) is 0 Å². The Labute approximate surface area is 270 Å². The third kappa shape index (κ3) is 8.41. The van der Waals surface area contributed by atoms with E-state index in [-0.39, 0.29) is 52.8 Å². The fraction of sp³-hybridized carbons (Fsp3) is 0.214. The van der Waals surface area contributed by atoms with Gasteiger partial charge < -0.3 is 49.1 Å². The molecule has 0 radical (unpaired) electrons. The van der Waals surface area contributed by atoms with E-state index < -0.39 is 55.4 Å². The molecule has 0 aliphatic rings. The zero-order valence-corrected chi connectivity index (χ0v) is 26.6. The highest BCUT2D eigenvalue weighted by Gasteiger charge is 2.26. The summed E-state index contributed by atoms with van der Waals surface area (Å²) in [6.07, 6.45) is 0. The maximum atomic E-state index is 11.9.